The van der Waals surface area contributed by atoms with Gasteiger partial charge in [0, 0.05) is 31.8 Å². The summed E-state index contributed by atoms with van der Waals surface area (Å²) in [5, 5.41) is 0. The van der Waals surface area contributed by atoms with Gasteiger partial charge in [-0.2, -0.15) is 0 Å². The predicted octanol–water partition coefficient (Wildman–Crippen LogP) is 2.52. The Bertz CT molecular complexity index is 695. The minimum atomic E-state index is 0.687. The number of aromatic nitrogens is 4. The minimum absolute atomic E-state index is 0.687. The normalized spacial score (nSPS) is 10.8. The molecule has 0 aliphatic heterocycles. The van der Waals surface area contributed by atoms with Crippen LogP contribution in [0.5, 0.6) is 0 Å². The Morgan fingerprint density at radius 3 is 2.95 bits per heavy atom. The molecule has 3 rings (SSSR count). The van der Waals surface area contributed by atoms with E-state index in [1.165, 1.54) is 0 Å². The highest BCUT2D eigenvalue weighted by Crippen LogP contribution is 2.21. The molecule has 0 fully saturated rings. The smallest absolute Gasteiger partial charge is 0.180 e. The molecule has 0 saturated heterocycles. The SMILES string of the molecule is CN(Cc1ccccn1)c1nc(Br)cn2ccnc12. The lowest BCUT2D eigenvalue weighted by Crippen LogP contribution is -2.19. The molecule has 0 atom stereocenters. The molecule has 3 aromatic heterocycles. The fourth-order valence-corrected chi connectivity index (χ4v) is 2.34. The maximum absolute atomic E-state index is 4.50. The summed E-state index contributed by atoms with van der Waals surface area (Å²) in [5.41, 5.74) is 1.83. The molecular formula is C13H12BrN5. The van der Waals surface area contributed by atoms with Crippen LogP contribution in [-0.2, 0) is 6.54 Å². The Morgan fingerprint density at radius 2 is 2.16 bits per heavy atom. The van der Waals surface area contributed by atoms with Crippen LogP contribution in [0.2, 0.25) is 0 Å². The van der Waals surface area contributed by atoms with Crippen LogP contribution in [0.1, 0.15) is 5.69 Å². The molecular weight excluding hydrogens is 306 g/mol. The summed E-state index contributed by atoms with van der Waals surface area (Å²) < 4.78 is 2.72. The molecule has 6 heteroatoms. The van der Waals surface area contributed by atoms with E-state index in [4.69, 9.17) is 0 Å². The lowest BCUT2D eigenvalue weighted by Gasteiger charge is -2.18. The first-order valence-electron chi connectivity index (χ1n) is 5.84. The van der Waals surface area contributed by atoms with E-state index in [2.05, 4.69) is 30.9 Å². The van der Waals surface area contributed by atoms with E-state index < -0.39 is 0 Å². The van der Waals surface area contributed by atoms with Crippen molar-refractivity contribution in [3.8, 4) is 0 Å². The maximum Gasteiger partial charge on any atom is 0.180 e. The summed E-state index contributed by atoms with van der Waals surface area (Å²) in [6.45, 7) is 0.687. The second-order valence-corrected chi connectivity index (χ2v) is 5.03. The molecule has 0 aliphatic rings. The van der Waals surface area contributed by atoms with Gasteiger partial charge in [0.15, 0.2) is 11.5 Å². The van der Waals surface area contributed by atoms with Crippen molar-refractivity contribution in [1.29, 1.82) is 0 Å². The van der Waals surface area contributed by atoms with Gasteiger partial charge in [0.2, 0.25) is 0 Å². The number of anilines is 1. The highest BCUT2D eigenvalue weighted by molar-refractivity contribution is 9.10. The van der Waals surface area contributed by atoms with Gasteiger partial charge in [0.25, 0.3) is 0 Å². The summed E-state index contributed by atoms with van der Waals surface area (Å²) in [5.74, 6) is 0.824. The largest absolute Gasteiger partial charge is 0.351 e. The molecule has 0 spiro atoms. The number of nitrogens with zero attached hydrogens (tertiary/aromatic N) is 5. The zero-order chi connectivity index (χ0) is 13.2. The first-order valence-corrected chi connectivity index (χ1v) is 6.63. The van der Waals surface area contributed by atoms with E-state index in [0.717, 1.165) is 21.8 Å². The Labute approximate surface area is 119 Å². The van der Waals surface area contributed by atoms with E-state index in [1.807, 2.05) is 46.9 Å². The molecule has 3 heterocycles. The molecule has 0 radical (unpaired) electrons. The van der Waals surface area contributed by atoms with Crippen molar-refractivity contribution in [1.82, 2.24) is 19.4 Å². The van der Waals surface area contributed by atoms with Crippen LogP contribution in [0.4, 0.5) is 5.82 Å². The lowest BCUT2D eigenvalue weighted by molar-refractivity contribution is 0.859. The molecule has 0 aromatic carbocycles. The van der Waals surface area contributed by atoms with E-state index >= 15 is 0 Å². The number of halogens is 1. The average molecular weight is 318 g/mol. The van der Waals surface area contributed by atoms with Gasteiger partial charge in [-0.25, -0.2) is 9.97 Å². The van der Waals surface area contributed by atoms with Crippen molar-refractivity contribution >= 4 is 27.4 Å². The quantitative estimate of drug-likeness (QED) is 0.744. The first kappa shape index (κ1) is 12.1. The third-order valence-corrected chi connectivity index (χ3v) is 3.20. The average Bonchev–Trinajstić information content (AvgIpc) is 2.86. The van der Waals surface area contributed by atoms with Gasteiger partial charge in [-0.15, -0.1) is 0 Å². The number of hydrogen-bond acceptors (Lipinski definition) is 4. The van der Waals surface area contributed by atoms with Crippen LogP contribution in [0.15, 0.2) is 47.6 Å². The van der Waals surface area contributed by atoms with Crippen LogP contribution in [0.25, 0.3) is 5.65 Å². The van der Waals surface area contributed by atoms with Crippen LogP contribution < -0.4 is 4.90 Å². The molecule has 0 aliphatic carbocycles. The van der Waals surface area contributed by atoms with Crippen molar-refractivity contribution in [2.45, 2.75) is 6.54 Å². The first-order chi connectivity index (χ1) is 9.24. The third-order valence-electron chi connectivity index (χ3n) is 2.81. The molecule has 19 heavy (non-hydrogen) atoms. The summed E-state index contributed by atoms with van der Waals surface area (Å²) in [4.78, 5) is 15.2. The Kier molecular flexibility index (Phi) is 3.16. The molecule has 3 aromatic rings. The van der Waals surface area contributed by atoms with E-state index in [9.17, 15) is 0 Å². The minimum Gasteiger partial charge on any atom is -0.351 e. The van der Waals surface area contributed by atoms with Crippen molar-refractivity contribution in [3.05, 3.63) is 53.3 Å². The molecule has 0 N–H and O–H groups in total. The number of imidazole rings is 1. The van der Waals surface area contributed by atoms with Crippen molar-refractivity contribution < 1.29 is 0 Å². The second kappa shape index (κ2) is 4.97. The third kappa shape index (κ3) is 2.44. The fraction of sp³-hybridized carbons (Fsp3) is 0.154. The van der Waals surface area contributed by atoms with Gasteiger partial charge in [0.1, 0.15) is 4.60 Å². The van der Waals surface area contributed by atoms with Crippen LogP contribution in [-0.4, -0.2) is 26.4 Å². The van der Waals surface area contributed by atoms with Gasteiger partial charge in [0.05, 0.1) is 12.2 Å². The molecule has 0 saturated carbocycles. The van der Waals surface area contributed by atoms with Gasteiger partial charge < -0.3 is 9.30 Å². The standard InChI is InChI=1S/C13H12BrN5/c1-18(8-10-4-2-3-5-15-10)13-12-16-6-7-19(12)9-11(14)17-13/h2-7,9H,8H2,1H3. The second-order valence-electron chi connectivity index (χ2n) is 4.22. The monoisotopic (exact) mass is 317 g/mol. The summed E-state index contributed by atoms with van der Waals surface area (Å²) in [7, 11) is 1.98. The van der Waals surface area contributed by atoms with Crippen LogP contribution in [0, 0.1) is 0 Å². The van der Waals surface area contributed by atoms with E-state index in [1.54, 1.807) is 12.4 Å². The van der Waals surface area contributed by atoms with Gasteiger partial charge in [-0.05, 0) is 28.1 Å². The Hall–Kier alpha value is -1.95. The van der Waals surface area contributed by atoms with E-state index in [-0.39, 0.29) is 0 Å². The number of fused-ring (bicyclic) bond motifs is 1. The Balaban J connectivity index is 1.97. The lowest BCUT2D eigenvalue weighted by atomic mass is 10.3. The van der Waals surface area contributed by atoms with Crippen molar-refractivity contribution in [2.24, 2.45) is 0 Å². The zero-order valence-electron chi connectivity index (χ0n) is 10.4. The molecule has 96 valence electrons. The number of rotatable bonds is 3. The predicted molar refractivity (Wildman–Crippen MR) is 77.0 cm³/mol. The number of hydrogen-bond donors (Lipinski definition) is 0. The van der Waals surface area contributed by atoms with Crippen molar-refractivity contribution in [2.75, 3.05) is 11.9 Å². The molecule has 5 nitrogen and oxygen atoms in total. The summed E-state index contributed by atoms with van der Waals surface area (Å²) in [6, 6.07) is 5.89. The summed E-state index contributed by atoms with van der Waals surface area (Å²) >= 11 is 3.42. The summed E-state index contributed by atoms with van der Waals surface area (Å²) in [6.07, 6.45) is 7.35. The highest BCUT2D eigenvalue weighted by Gasteiger charge is 2.11. The van der Waals surface area contributed by atoms with Gasteiger partial charge in [-0.3, -0.25) is 4.98 Å². The topological polar surface area (TPSA) is 46.3 Å². The van der Waals surface area contributed by atoms with E-state index in [0.29, 0.717) is 6.54 Å². The highest BCUT2D eigenvalue weighted by atomic mass is 79.9. The molecule has 0 bridgehead atoms. The zero-order valence-corrected chi connectivity index (χ0v) is 11.9. The number of pyridine rings is 1. The molecule has 0 amide bonds. The van der Waals surface area contributed by atoms with Gasteiger partial charge in [-0.1, -0.05) is 6.07 Å². The fourth-order valence-electron chi connectivity index (χ4n) is 1.95. The molecule has 0 unspecified atom stereocenters. The van der Waals surface area contributed by atoms with Crippen LogP contribution >= 0.6 is 15.9 Å². The van der Waals surface area contributed by atoms with Gasteiger partial charge >= 0.3 is 0 Å². The van der Waals surface area contributed by atoms with Crippen LogP contribution in [0.3, 0.4) is 0 Å². The Morgan fingerprint density at radius 1 is 1.26 bits per heavy atom. The van der Waals surface area contributed by atoms with Crippen molar-refractivity contribution in [3.63, 3.8) is 0 Å². The maximum atomic E-state index is 4.50.